The Bertz CT molecular complexity index is 1010. The zero-order valence-corrected chi connectivity index (χ0v) is 14.0. The lowest BCUT2D eigenvalue weighted by atomic mass is 10.1. The molecular weight excluding hydrogens is 364 g/mol. The molecule has 22 heavy (non-hydrogen) atoms. The van der Waals surface area contributed by atoms with Gasteiger partial charge in [-0.25, -0.2) is 9.97 Å². The number of fused-ring (bicyclic) bond motifs is 2. The Hall–Kier alpha value is -2.12. The molecule has 1 aromatic carbocycles. The summed E-state index contributed by atoms with van der Waals surface area (Å²) in [5.74, 6) is 1.33. The Morgan fingerprint density at radius 3 is 2.95 bits per heavy atom. The molecule has 0 spiro atoms. The summed E-state index contributed by atoms with van der Waals surface area (Å²) in [4.78, 5) is 12.5. The summed E-state index contributed by atoms with van der Waals surface area (Å²) in [6.07, 6.45) is 3.38. The van der Waals surface area contributed by atoms with Gasteiger partial charge >= 0.3 is 0 Å². The maximum atomic E-state index is 6.01. The number of thiophene rings is 1. The maximum absolute atomic E-state index is 6.01. The predicted octanol–water partition coefficient (Wildman–Crippen LogP) is 4.19. The number of ether oxygens (including phenoxy) is 1. The monoisotopic (exact) mass is 374 g/mol. The molecule has 0 fully saturated rings. The highest BCUT2D eigenvalue weighted by molar-refractivity contribution is 9.10. The molecule has 4 rings (SSSR count). The van der Waals surface area contributed by atoms with Gasteiger partial charge in [0.2, 0.25) is 0 Å². The fourth-order valence-corrected chi connectivity index (χ4v) is 4.16. The minimum atomic E-state index is 0.479. The minimum absolute atomic E-state index is 0.479. The number of methoxy groups -OCH3 is 1. The minimum Gasteiger partial charge on any atom is -0.495 e. The Morgan fingerprint density at radius 1 is 1.27 bits per heavy atom. The zero-order chi connectivity index (χ0) is 15.3. The van der Waals surface area contributed by atoms with Crippen molar-refractivity contribution in [2.75, 3.05) is 12.8 Å². The first-order valence-corrected chi connectivity index (χ1v) is 8.13. The lowest BCUT2D eigenvalue weighted by Gasteiger charge is -2.01. The van der Waals surface area contributed by atoms with Gasteiger partial charge in [-0.2, -0.15) is 0 Å². The highest BCUT2D eigenvalue weighted by Gasteiger charge is 2.15. The lowest BCUT2D eigenvalue weighted by Crippen LogP contribution is -1.91. The second kappa shape index (κ2) is 4.96. The number of halogens is 1. The van der Waals surface area contributed by atoms with Crippen LogP contribution in [0.5, 0.6) is 5.75 Å². The van der Waals surface area contributed by atoms with Gasteiger partial charge in [0.15, 0.2) is 0 Å². The SMILES string of the molecule is COc1cc(Br)cc2cc(-c3c[nH]c4ncnc(N)c34)sc12. The molecule has 0 saturated heterocycles. The molecule has 5 nitrogen and oxygen atoms in total. The number of aromatic nitrogens is 3. The first-order chi connectivity index (χ1) is 10.7. The normalized spacial score (nSPS) is 11.4. The fourth-order valence-electron chi connectivity index (χ4n) is 2.55. The van der Waals surface area contributed by atoms with Crippen molar-refractivity contribution < 1.29 is 4.74 Å². The van der Waals surface area contributed by atoms with Crippen molar-refractivity contribution in [2.24, 2.45) is 0 Å². The van der Waals surface area contributed by atoms with Gasteiger partial charge in [-0.1, -0.05) is 15.9 Å². The largest absolute Gasteiger partial charge is 0.495 e. The molecule has 0 unspecified atom stereocenters. The van der Waals surface area contributed by atoms with Crippen LogP contribution in [0, 0.1) is 0 Å². The van der Waals surface area contributed by atoms with Gasteiger partial charge in [0, 0.05) is 21.1 Å². The molecule has 0 saturated carbocycles. The van der Waals surface area contributed by atoms with Crippen LogP contribution in [-0.2, 0) is 0 Å². The van der Waals surface area contributed by atoms with Crippen LogP contribution in [0.2, 0.25) is 0 Å². The van der Waals surface area contributed by atoms with Crippen molar-refractivity contribution in [3.8, 4) is 16.2 Å². The molecule has 0 amide bonds. The number of anilines is 1. The van der Waals surface area contributed by atoms with Gasteiger partial charge in [-0.3, -0.25) is 0 Å². The summed E-state index contributed by atoms with van der Waals surface area (Å²) < 4.78 is 7.56. The van der Waals surface area contributed by atoms with Gasteiger partial charge in [-0.15, -0.1) is 11.3 Å². The Balaban J connectivity index is 2.01. The number of nitrogens with two attached hydrogens (primary N) is 1. The summed E-state index contributed by atoms with van der Waals surface area (Å²) in [5.41, 5.74) is 7.77. The van der Waals surface area contributed by atoms with Crippen molar-refractivity contribution in [3.05, 3.63) is 35.2 Å². The first-order valence-electron chi connectivity index (χ1n) is 6.52. The molecule has 0 radical (unpaired) electrons. The van der Waals surface area contributed by atoms with Crippen LogP contribution in [0.3, 0.4) is 0 Å². The van der Waals surface area contributed by atoms with Crippen molar-refractivity contribution in [1.29, 1.82) is 0 Å². The summed E-state index contributed by atoms with van der Waals surface area (Å²) in [6.45, 7) is 0. The van der Waals surface area contributed by atoms with E-state index in [1.807, 2.05) is 12.3 Å². The number of nitrogen functional groups attached to an aromatic ring is 1. The van der Waals surface area contributed by atoms with E-state index >= 15 is 0 Å². The molecule has 0 bridgehead atoms. The van der Waals surface area contributed by atoms with E-state index in [4.69, 9.17) is 10.5 Å². The molecule has 3 N–H and O–H groups in total. The number of hydrogen-bond acceptors (Lipinski definition) is 5. The summed E-state index contributed by atoms with van der Waals surface area (Å²) in [5, 5.41) is 1.98. The van der Waals surface area contributed by atoms with E-state index in [0.717, 1.165) is 41.8 Å². The quantitative estimate of drug-likeness (QED) is 0.551. The van der Waals surface area contributed by atoms with Crippen LogP contribution in [0.15, 0.2) is 35.2 Å². The number of nitrogens with zero attached hydrogens (tertiary/aromatic N) is 2. The molecule has 3 aromatic heterocycles. The molecule has 0 aliphatic heterocycles. The summed E-state index contributed by atoms with van der Waals surface area (Å²) in [7, 11) is 1.68. The summed E-state index contributed by atoms with van der Waals surface area (Å²) in [6, 6.07) is 6.17. The van der Waals surface area contributed by atoms with Gasteiger partial charge in [-0.05, 0) is 23.6 Å². The highest BCUT2D eigenvalue weighted by atomic mass is 79.9. The molecule has 110 valence electrons. The Kier molecular flexibility index (Phi) is 3.05. The van der Waals surface area contributed by atoms with E-state index in [1.54, 1.807) is 18.4 Å². The fraction of sp³-hybridized carbons (Fsp3) is 0.0667. The van der Waals surface area contributed by atoms with Crippen molar-refractivity contribution in [3.63, 3.8) is 0 Å². The molecule has 0 atom stereocenters. The number of rotatable bonds is 2. The van der Waals surface area contributed by atoms with Crippen LogP contribution in [-0.4, -0.2) is 22.1 Å². The van der Waals surface area contributed by atoms with Gasteiger partial charge in [0.05, 0.1) is 17.2 Å². The smallest absolute Gasteiger partial charge is 0.143 e. The van der Waals surface area contributed by atoms with Crippen molar-refractivity contribution in [2.45, 2.75) is 0 Å². The second-order valence-corrected chi connectivity index (χ2v) is 6.79. The number of hydrogen-bond donors (Lipinski definition) is 2. The Morgan fingerprint density at radius 2 is 2.14 bits per heavy atom. The van der Waals surface area contributed by atoms with Crippen molar-refractivity contribution in [1.82, 2.24) is 15.0 Å². The third-order valence-electron chi connectivity index (χ3n) is 3.53. The van der Waals surface area contributed by atoms with Crippen LogP contribution < -0.4 is 10.5 Å². The second-order valence-electron chi connectivity index (χ2n) is 4.82. The van der Waals surface area contributed by atoms with E-state index in [-0.39, 0.29) is 0 Å². The van der Waals surface area contributed by atoms with E-state index in [1.165, 1.54) is 6.33 Å². The number of benzene rings is 1. The van der Waals surface area contributed by atoms with Gasteiger partial charge in [0.1, 0.15) is 23.5 Å². The van der Waals surface area contributed by atoms with Crippen LogP contribution in [0.4, 0.5) is 5.82 Å². The maximum Gasteiger partial charge on any atom is 0.143 e. The summed E-state index contributed by atoms with van der Waals surface area (Å²) >= 11 is 5.17. The van der Waals surface area contributed by atoms with Crippen LogP contribution in [0.1, 0.15) is 0 Å². The van der Waals surface area contributed by atoms with Crippen LogP contribution in [0.25, 0.3) is 31.6 Å². The molecule has 4 aromatic rings. The highest BCUT2D eigenvalue weighted by Crippen LogP contribution is 2.42. The average Bonchev–Trinajstić information content (AvgIpc) is 3.10. The van der Waals surface area contributed by atoms with E-state index in [9.17, 15) is 0 Å². The molecule has 7 heteroatoms. The first kappa shape index (κ1) is 13.5. The predicted molar refractivity (Wildman–Crippen MR) is 93.4 cm³/mol. The topological polar surface area (TPSA) is 76.8 Å². The van der Waals surface area contributed by atoms with E-state index in [0.29, 0.717) is 5.82 Å². The van der Waals surface area contributed by atoms with Crippen LogP contribution >= 0.6 is 27.3 Å². The zero-order valence-electron chi connectivity index (χ0n) is 11.6. The Labute approximate surface area is 138 Å². The van der Waals surface area contributed by atoms with Gasteiger partial charge in [0.25, 0.3) is 0 Å². The van der Waals surface area contributed by atoms with Gasteiger partial charge < -0.3 is 15.5 Å². The molecule has 3 heterocycles. The third-order valence-corrected chi connectivity index (χ3v) is 5.19. The molecule has 0 aliphatic carbocycles. The van der Waals surface area contributed by atoms with E-state index in [2.05, 4.69) is 43.0 Å². The lowest BCUT2D eigenvalue weighted by molar-refractivity contribution is 0.420. The molecular formula is C15H11BrN4OS. The number of nitrogens with one attached hydrogen (secondary N) is 1. The van der Waals surface area contributed by atoms with Crippen molar-refractivity contribution >= 4 is 54.2 Å². The number of aromatic amines is 1. The standard InChI is InChI=1S/C15H11BrN4OS/c1-21-10-4-8(16)2-7-3-11(22-13(7)10)9-5-18-15-12(9)14(17)19-6-20-15/h2-6H,1H3,(H3,17,18,19,20). The number of H-pyrrole nitrogens is 1. The molecule has 0 aliphatic rings. The third kappa shape index (κ3) is 1.97. The average molecular weight is 375 g/mol. The van der Waals surface area contributed by atoms with E-state index < -0.39 is 0 Å².